The number of benzene rings is 1. The van der Waals surface area contributed by atoms with Gasteiger partial charge in [0.1, 0.15) is 10.8 Å². The van der Waals surface area contributed by atoms with E-state index < -0.39 is 6.09 Å². The van der Waals surface area contributed by atoms with Crippen LogP contribution < -0.4 is 10.5 Å². The van der Waals surface area contributed by atoms with Gasteiger partial charge in [-0.15, -0.1) is 10.2 Å². The van der Waals surface area contributed by atoms with Crippen molar-refractivity contribution in [2.45, 2.75) is 13.3 Å². The average molecular weight is 249 g/mol. The van der Waals surface area contributed by atoms with Gasteiger partial charge < -0.3 is 10.5 Å². The first kappa shape index (κ1) is 11.5. The molecule has 0 unspecified atom stereocenters. The molecule has 0 saturated carbocycles. The first-order valence-electron chi connectivity index (χ1n) is 5.09. The number of rotatable bonds is 3. The Morgan fingerprint density at radius 2 is 2.18 bits per heavy atom. The van der Waals surface area contributed by atoms with Gasteiger partial charge in [0.15, 0.2) is 5.01 Å². The van der Waals surface area contributed by atoms with Gasteiger partial charge in [0.25, 0.3) is 0 Å². The number of para-hydroxylation sites is 1. The van der Waals surface area contributed by atoms with E-state index in [-0.39, 0.29) is 0 Å². The van der Waals surface area contributed by atoms with Gasteiger partial charge in [0.2, 0.25) is 0 Å². The number of carbonyl (C=O) groups excluding carboxylic acids is 1. The second-order valence-corrected chi connectivity index (χ2v) is 4.33. The fraction of sp³-hybridized carbons (Fsp3) is 0.182. The largest absolute Gasteiger partial charge is 0.410 e. The van der Waals surface area contributed by atoms with Crippen LogP contribution in [0.3, 0.4) is 0 Å². The number of amides is 1. The summed E-state index contributed by atoms with van der Waals surface area (Å²) < 4.78 is 4.92. The summed E-state index contributed by atoms with van der Waals surface area (Å²) >= 11 is 1.47. The van der Waals surface area contributed by atoms with Crippen molar-refractivity contribution < 1.29 is 9.53 Å². The third kappa shape index (κ3) is 2.59. The first-order chi connectivity index (χ1) is 8.20. The molecule has 0 radical (unpaired) electrons. The molecular formula is C11H11N3O2S. The standard InChI is InChI=1S/C11H11N3O2S/c1-2-9-13-14-10(17-9)7-5-3-4-6-8(7)16-11(12)15/h3-6H,2H2,1H3,(H2,12,15). The highest BCUT2D eigenvalue weighted by atomic mass is 32.1. The fourth-order valence-electron chi connectivity index (χ4n) is 1.35. The summed E-state index contributed by atoms with van der Waals surface area (Å²) in [7, 11) is 0. The molecular weight excluding hydrogens is 238 g/mol. The molecule has 17 heavy (non-hydrogen) atoms. The molecule has 0 atom stereocenters. The summed E-state index contributed by atoms with van der Waals surface area (Å²) in [6.07, 6.45) is -0.00561. The summed E-state index contributed by atoms with van der Waals surface area (Å²) in [6, 6.07) is 7.10. The number of hydrogen-bond acceptors (Lipinski definition) is 5. The number of aryl methyl sites for hydroxylation is 1. The second-order valence-electron chi connectivity index (χ2n) is 3.27. The Morgan fingerprint density at radius 1 is 1.41 bits per heavy atom. The van der Waals surface area contributed by atoms with E-state index in [4.69, 9.17) is 10.5 Å². The lowest BCUT2D eigenvalue weighted by atomic mass is 10.2. The van der Waals surface area contributed by atoms with E-state index in [9.17, 15) is 4.79 Å². The predicted octanol–water partition coefficient (Wildman–Crippen LogP) is 2.23. The summed E-state index contributed by atoms with van der Waals surface area (Å²) in [5.41, 5.74) is 5.73. The lowest BCUT2D eigenvalue weighted by molar-refractivity contribution is 0.211. The average Bonchev–Trinajstić information content (AvgIpc) is 2.77. The van der Waals surface area contributed by atoms with Crippen molar-refractivity contribution in [1.82, 2.24) is 10.2 Å². The summed E-state index contributed by atoms with van der Waals surface area (Å²) in [4.78, 5) is 10.8. The Hall–Kier alpha value is -1.95. The van der Waals surface area contributed by atoms with Crippen LogP contribution in [0.15, 0.2) is 24.3 Å². The molecule has 0 aliphatic rings. The first-order valence-corrected chi connectivity index (χ1v) is 5.91. The number of nitrogens with two attached hydrogens (primary N) is 1. The van der Waals surface area contributed by atoms with E-state index in [2.05, 4.69) is 10.2 Å². The molecule has 0 fully saturated rings. The molecule has 1 aromatic carbocycles. The highest BCUT2D eigenvalue weighted by Gasteiger charge is 2.12. The molecule has 1 heterocycles. The van der Waals surface area contributed by atoms with Crippen molar-refractivity contribution in [1.29, 1.82) is 0 Å². The van der Waals surface area contributed by atoms with Crippen molar-refractivity contribution in [2.24, 2.45) is 5.73 Å². The van der Waals surface area contributed by atoms with Gasteiger partial charge >= 0.3 is 6.09 Å². The minimum absolute atomic E-state index is 0.402. The molecule has 0 spiro atoms. The molecule has 2 rings (SSSR count). The Bertz CT molecular complexity index is 539. The van der Waals surface area contributed by atoms with Crippen LogP contribution in [-0.4, -0.2) is 16.3 Å². The number of nitrogens with zero attached hydrogens (tertiary/aromatic N) is 2. The molecule has 2 aromatic rings. The van der Waals surface area contributed by atoms with Crippen LogP contribution >= 0.6 is 11.3 Å². The zero-order valence-electron chi connectivity index (χ0n) is 9.21. The zero-order chi connectivity index (χ0) is 12.3. The number of aromatic nitrogens is 2. The van der Waals surface area contributed by atoms with E-state index in [1.165, 1.54) is 11.3 Å². The number of hydrogen-bond donors (Lipinski definition) is 1. The smallest absolute Gasteiger partial charge is 0.409 e. The van der Waals surface area contributed by atoms with Gasteiger partial charge in [-0.1, -0.05) is 30.4 Å². The van der Waals surface area contributed by atoms with E-state index in [1.807, 2.05) is 19.1 Å². The SMILES string of the molecule is CCc1nnc(-c2ccccc2OC(N)=O)s1. The molecule has 2 N–H and O–H groups in total. The van der Waals surface area contributed by atoms with Gasteiger partial charge in [-0.25, -0.2) is 4.79 Å². The van der Waals surface area contributed by atoms with Crippen LogP contribution in [0, 0.1) is 0 Å². The summed E-state index contributed by atoms with van der Waals surface area (Å²) in [6.45, 7) is 2.01. The Morgan fingerprint density at radius 3 is 2.82 bits per heavy atom. The maximum absolute atomic E-state index is 10.8. The third-order valence-electron chi connectivity index (χ3n) is 2.10. The Kier molecular flexibility index (Phi) is 3.34. The van der Waals surface area contributed by atoms with E-state index in [1.54, 1.807) is 12.1 Å². The highest BCUT2D eigenvalue weighted by molar-refractivity contribution is 7.14. The van der Waals surface area contributed by atoms with Crippen LogP contribution in [0.25, 0.3) is 10.6 Å². The third-order valence-corrected chi connectivity index (χ3v) is 3.20. The molecule has 0 aliphatic heterocycles. The Labute approximate surface area is 102 Å². The molecule has 1 amide bonds. The van der Waals surface area contributed by atoms with E-state index in [0.29, 0.717) is 5.75 Å². The lowest BCUT2D eigenvalue weighted by Crippen LogP contribution is -2.16. The van der Waals surface area contributed by atoms with Crippen LogP contribution in [0.2, 0.25) is 0 Å². The monoisotopic (exact) mass is 249 g/mol. The molecule has 5 nitrogen and oxygen atoms in total. The van der Waals surface area contributed by atoms with Gasteiger partial charge in [0, 0.05) is 0 Å². The number of primary amides is 1. The van der Waals surface area contributed by atoms with Crippen molar-refractivity contribution in [3.05, 3.63) is 29.3 Å². The normalized spacial score (nSPS) is 10.2. The zero-order valence-corrected chi connectivity index (χ0v) is 10.0. The van der Waals surface area contributed by atoms with Crippen molar-refractivity contribution in [3.8, 4) is 16.3 Å². The van der Waals surface area contributed by atoms with Crippen molar-refractivity contribution >= 4 is 17.4 Å². The van der Waals surface area contributed by atoms with Gasteiger partial charge in [-0.2, -0.15) is 0 Å². The van der Waals surface area contributed by atoms with E-state index >= 15 is 0 Å². The number of carbonyl (C=O) groups is 1. The highest BCUT2D eigenvalue weighted by Crippen LogP contribution is 2.31. The van der Waals surface area contributed by atoms with Gasteiger partial charge in [-0.05, 0) is 18.6 Å². The topological polar surface area (TPSA) is 78.1 Å². The van der Waals surface area contributed by atoms with E-state index in [0.717, 1.165) is 22.0 Å². The minimum Gasteiger partial charge on any atom is -0.410 e. The second kappa shape index (κ2) is 4.92. The Balaban J connectivity index is 2.40. The molecule has 6 heteroatoms. The maximum Gasteiger partial charge on any atom is 0.409 e. The minimum atomic E-state index is -0.835. The summed E-state index contributed by atoms with van der Waals surface area (Å²) in [5.74, 6) is 0.402. The van der Waals surface area contributed by atoms with Gasteiger partial charge in [0.05, 0.1) is 5.56 Å². The predicted molar refractivity (Wildman–Crippen MR) is 64.9 cm³/mol. The molecule has 0 bridgehead atoms. The molecule has 88 valence electrons. The molecule has 1 aromatic heterocycles. The quantitative estimate of drug-likeness (QED) is 0.904. The summed E-state index contributed by atoms with van der Waals surface area (Å²) in [5, 5.41) is 9.75. The maximum atomic E-state index is 10.8. The van der Waals surface area contributed by atoms with Crippen LogP contribution in [0.1, 0.15) is 11.9 Å². The van der Waals surface area contributed by atoms with Gasteiger partial charge in [-0.3, -0.25) is 0 Å². The van der Waals surface area contributed by atoms with Crippen molar-refractivity contribution in [2.75, 3.05) is 0 Å². The molecule has 0 aliphatic carbocycles. The fourth-order valence-corrected chi connectivity index (χ4v) is 2.16. The van der Waals surface area contributed by atoms with Crippen LogP contribution in [-0.2, 0) is 6.42 Å². The molecule has 0 saturated heterocycles. The van der Waals surface area contributed by atoms with Crippen molar-refractivity contribution in [3.63, 3.8) is 0 Å². The number of ether oxygens (including phenoxy) is 1. The lowest BCUT2D eigenvalue weighted by Gasteiger charge is -2.04. The van der Waals surface area contributed by atoms with Crippen LogP contribution in [0.4, 0.5) is 4.79 Å². The van der Waals surface area contributed by atoms with Crippen LogP contribution in [0.5, 0.6) is 5.75 Å².